The zero-order chi connectivity index (χ0) is 24.6. The average molecular weight is 501 g/mol. The topological polar surface area (TPSA) is 66.8 Å². The van der Waals surface area contributed by atoms with Crippen LogP contribution in [0.5, 0.6) is 0 Å². The van der Waals surface area contributed by atoms with E-state index in [1.807, 2.05) is 0 Å². The summed E-state index contributed by atoms with van der Waals surface area (Å²) in [6, 6.07) is 0. The molecule has 0 aromatic carbocycles. The Morgan fingerprint density at radius 2 is 1.13 bits per heavy atom. The predicted molar refractivity (Wildman–Crippen MR) is 69.7 cm³/mol. The second-order valence-corrected chi connectivity index (χ2v) is 7.01. The second-order valence-electron chi connectivity index (χ2n) is 5.48. The number of aliphatic hydroxyl groups is 1. The van der Waals surface area contributed by atoms with E-state index in [9.17, 15) is 65.5 Å². The lowest BCUT2D eigenvalue weighted by atomic mass is 9.97. The second kappa shape index (κ2) is 8.45. The van der Waals surface area contributed by atoms with Gasteiger partial charge in [-0.15, -0.1) is 0 Å². The lowest BCUT2D eigenvalue weighted by Crippen LogP contribution is -2.70. The summed E-state index contributed by atoms with van der Waals surface area (Å²) < 4.78 is 193. The van der Waals surface area contributed by atoms with E-state index in [-0.39, 0.29) is 10.7 Å². The van der Waals surface area contributed by atoms with Gasteiger partial charge in [0.05, 0.1) is 6.61 Å². The molecule has 19 heteroatoms. The van der Waals surface area contributed by atoms with Gasteiger partial charge in [-0.2, -0.15) is 74.0 Å². The minimum Gasteiger partial charge on any atom is -0.395 e. The summed E-state index contributed by atoms with van der Waals surface area (Å²) in [5, 5.41) is 8.58. The summed E-state index contributed by atoms with van der Waals surface area (Å²) in [4.78, 5) is 0. The Bertz CT molecular complexity index is 686. The standard InChI is InChI=1S/C11H12F13NO4S/c1-2-3-25(4-5-26)30(27,28)29-11(23,24)9(18,19)7(14,15)6(12,13)8(16,17)10(20,21)22/h26H,2-5H2,1H3. The molecular weight excluding hydrogens is 489 g/mol. The van der Waals surface area contributed by atoms with Crippen LogP contribution in [-0.2, 0) is 14.5 Å². The van der Waals surface area contributed by atoms with E-state index in [4.69, 9.17) is 5.11 Å². The molecule has 0 aromatic heterocycles. The molecule has 0 aliphatic carbocycles. The first kappa shape index (κ1) is 28.9. The van der Waals surface area contributed by atoms with E-state index in [0.29, 0.717) is 0 Å². The smallest absolute Gasteiger partial charge is 0.395 e. The quantitative estimate of drug-likeness (QED) is 0.440. The average Bonchev–Trinajstić information content (AvgIpc) is 2.51. The molecule has 0 aromatic rings. The predicted octanol–water partition coefficient (Wildman–Crippen LogP) is 3.65. The van der Waals surface area contributed by atoms with Gasteiger partial charge in [-0.1, -0.05) is 6.92 Å². The largest absolute Gasteiger partial charge is 0.460 e. The zero-order valence-corrected chi connectivity index (χ0v) is 15.1. The van der Waals surface area contributed by atoms with Crippen molar-refractivity contribution in [2.75, 3.05) is 19.7 Å². The van der Waals surface area contributed by atoms with Crippen molar-refractivity contribution in [3.8, 4) is 0 Å². The summed E-state index contributed by atoms with van der Waals surface area (Å²) >= 11 is 0. The molecule has 0 saturated carbocycles. The Labute approximate surface area is 159 Å². The van der Waals surface area contributed by atoms with Gasteiger partial charge in [-0.25, -0.2) is 0 Å². The molecule has 0 radical (unpaired) electrons. The molecule has 0 atom stereocenters. The normalized spacial score (nSPS) is 15.7. The summed E-state index contributed by atoms with van der Waals surface area (Å²) in [6.07, 6.45) is -15.1. The fraction of sp³-hybridized carbons (Fsp3) is 1.00. The van der Waals surface area contributed by atoms with Crippen LogP contribution in [0.15, 0.2) is 0 Å². The molecule has 0 heterocycles. The molecule has 0 aliphatic heterocycles. The van der Waals surface area contributed by atoms with Crippen LogP contribution in [-0.4, -0.2) is 73.5 Å². The van der Waals surface area contributed by atoms with Gasteiger partial charge >= 0.3 is 46.3 Å². The number of hydrogen-bond donors (Lipinski definition) is 1. The molecule has 1 N–H and O–H groups in total. The molecule has 0 rings (SSSR count). The highest BCUT2D eigenvalue weighted by atomic mass is 32.2. The molecule has 0 unspecified atom stereocenters. The van der Waals surface area contributed by atoms with Gasteiger partial charge in [-0.3, -0.25) is 0 Å². The van der Waals surface area contributed by atoms with Crippen molar-refractivity contribution in [1.82, 2.24) is 4.31 Å². The third kappa shape index (κ3) is 4.72. The van der Waals surface area contributed by atoms with Gasteiger partial charge in [0.1, 0.15) is 0 Å². The van der Waals surface area contributed by atoms with Crippen LogP contribution in [0, 0.1) is 0 Å². The van der Waals surface area contributed by atoms with Crippen LogP contribution < -0.4 is 0 Å². The molecule has 30 heavy (non-hydrogen) atoms. The van der Waals surface area contributed by atoms with Crippen molar-refractivity contribution >= 4 is 10.3 Å². The molecule has 5 nitrogen and oxygen atoms in total. The molecule has 0 amide bonds. The van der Waals surface area contributed by atoms with Crippen molar-refractivity contribution in [2.24, 2.45) is 0 Å². The van der Waals surface area contributed by atoms with E-state index in [2.05, 4.69) is 4.18 Å². The highest BCUT2D eigenvalue weighted by Crippen LogP contribution is 2.60. The summed E-state index contributed by atoms with van der Waals surface area (Å²) in [6.45, 7) is -1.99. The fourth-order valence-corrected chi connectivity index (χ4v) is 2.87. The van der Waals surface area contributed by atoms with Crippen LogP contribution in [0.1, 0.15) is 13.3 Å². The minimum absolute atomic E-state index is 0.267. The first-order valence-corrected chi connectivity index (χ1v) is 8.61. The van der Waals surface area contributed by atoms with Gasteiger partial charge in [0, 0.05) is 13.1 Å². The number of alkyl halides is 13. The van der Waals surface area contributed by atoms with E-state index < -0.39 is 66.0 Å². The first-order chi connectivity index (χ1) is 13.0. The number of hydrogen-bond acceptors (Lipinski definition) is 4. The number of aliphatic hydroxyl groups excluding tert-OH is 1. The Kier molecular flexibility index (Phi) is 8.15. The van der Waals surface area contributed by atoms with Crippen LogP contribution in [0.2, 0.25) is 0 Å². The maximum Gasteiger partial charge on any atom is 0.460 e. The fourth-order valence-electron chi connectivity index (χ4n) is 1.69. The molecule has 0 fully saturated rings. The molecule has 182 valence electrons. The van der Waals surface area contributed by atoms with Crippen molar-refractivity contribution in [1.29, 1.82) is 0 Å². The molecule has 0 bridgehead atoms. The highest BCUT2D eigenvalue weighted by molar-refractivity contribution is 7.84. The van der Waals surface area contributed by atoms with Crippen LogP contribution in [0.4, 0.5) is 57.1 Å². The van der Waals surface area contributed by atoms with Crippen LogP contribution in [0.25, 0.3) is 0 Å². The Morgan fingerprint density at radius 3 is 1.47 bits per heavy atom. The van der Waals surface area contributed by atoms with E-state index in [0.717, 1.165) is 0 Å². The van der Waals surface area contributed by atoms with Gasteiger partial charge in [0.15, 0.2) is 0 Å². The summed E-state index contributed by atoms with van der Waals surface area (Å²) in [5.74, 6) is -32.2. The van der Waals surface area contributed by atoms with Gasteiger partial charge in [0.2, 0.25) is 0 Å². The maximum atomic E-state index is 13.5. The third-order valence-corrected chi connectivity index (χ3v) is 4.67. The lowest BCUT2D eigenvalue weighted by molar-refractivity contribution is -0.456. The maximum absolute atomic E-state index is 13.5. The molecule has 0 saturated heterocycles. The van der Waals surface area contributed by atoms with Crippen molar-refractivity contribution in [2.45, 2.75) is 49.3 Å². The Hall–Kier alpha value is -1.08. The zero-order valence-electron chi connectivity index (χ0n) is 14.3. The van der Waals surface area contributed by atoms with Crippen LogP contribution in [0.3, 0.4) is 0 Å². The van der Waals surface area contributed by atoms with Crippen LogP contribution >= 0.6 is 0 Å². The Morgan fingerprint density at radius 1 is 0.733 bits per heavy atom. The molecular formula is C11H12F13NO4S. The lowest BCUT2D eigenvalue weighted by Gasteiger charge is -2.39. The SMILES string of the molecule is CCCN(CCO)S(=O)(=O)OC(F)(F)C(F)(F)C(F)(F)C(F)(F)C(F)(F)C(F)(F)F. The van der Waals surface area contributed by atoms with Crippen molar-refractivity contribution < 1.29 is 74.8 Å². The van der Waals surface area contributed by atoms with Crippen molar-refractivity contribution in [3.05, 3.63) is 0 Å². The van der Waals surface area contributed by atoms with Crippen molar-refractivity contribution in [3.63, 3.8) is 0 Å². The van der Waals surface area contributed by atoms with Gasteiger partial charge < -0.3 is 5.11 Å². The monoisotopic (exact) mass is 501 g/mol. The molecule has 0 spiro atoms. The summed E-state index contributed by atoms with van der Waals surface area (Å²) in [5.41, 5.74) is 0. The summed E-state index contributed by atoms with van der Waals surface area (Å²) in [7, 11) is -6.20. The number of nitrogens with zero attached hydrogens (tertiary/aromatic N) is 1. The van der Waals surface area contributed by atoms with Gasteiger partial charge in [0.25, 0.3) is 0 Å². The first-order valence-electron chi connectivity index (χ1n) is 7.25. The minimum atomic E-state index is -8.18. The number of rotatable bonds is 11. The van der Waals surface area contributed by atoms with E-state index >= 15 is 0 Å². The van der Waals surface area contributed by atoms with Gasteiger partial charge in [-0.05, 0) is 6.42 Å². The molecule has 0 aliphatic rings. The van der Waals surface area contributed by atoms with E-state index in [1.165, 1.54) is 6.92 Å². The third-order valence-electron chi connectivity index (χ3n) is 3.25. The Balaban J connectivity index is 6.31. The highest BCUT2D eigenvalue weighted by Gasteiger charge is 2.91. The van der Waals surface area contributed by atoms with E-state index in [1.54, 1.807) is 0 Å². The number of halogens is 13.